The van der Waals surface area contributed by atoms with Crippen LogP contribution in [0, 0.1) is 0 Å². The predicted octanol–water partition coefficient (Wildman–Crippen LogP) is 1.26. The molecule has 0 aliphatic heterocycles. The summed E-state index contributed by atoms with van der Waals surface area (Å²) in [6.45, 7) is 0.228. The van der Waals surface area contributed by atoms with Crippen molar-refractivity contribution < 1.29 is 17.9 Å². The maximum atomic E-state index is 12.7. The highest BCUT2D eigenvalue weighted by atomic mass is 32.2. The maximum absolute atomic E-state index is 12.7. The van der Waals surface area contributed by atoms with Gasteiger partial charge in [0, 0.05) is 38.5 Å². The van der Waals surface area contributed by atoms with E-state index >= 15 is 0 Å². The van der Waals surface area contributed by atoms with Gasteiger partial charge in [-0.1, -0.05) is 0 Å². The van der Waals surface area contributed by atoms with Crippen molar-refractivity contribution in [2.24, 2.45) is 7.05 Å². The Morgan fingerprint density at radius 2 is 2.00 bits per heavy atom. The van der Waals surface area contributed by atoms with E-state index in [0.29, 0.717) is 5.75 Å². The van der Waals surface area contributed by atoms with Crippen molar-refractivity contribution in [2.45, 2.75) is 11.4 Å². The van der Waals surface area contributed by atoms with Crippen molar-refractivity contribution in [1.82, 2.24) is 14.1 Å². The van der Waals surface area contributed by atoms with Crippen LogP contribution in [0.2, 0.25) is 0 Å². The third kappa shape index (κ3) is 3.23. The summed E-state index contributed by atoms with van der Waals surface area (Å²) in [7, 11) is 2.56. The molecule has 0 saturated heterocycles. The van der Waals surface area contributed by atoms with Gasteiger partial charge < -0.3 is 9.47 Å². The molecule has 0 fully saturated rings. The molecule has 0 saturated carbocycles. The van der Waals surface area contributed by atoms with E-state index in [1.165, 1.54) is 31.6 Å². The molecule has 8 heteroatoms. The lowest BCUT2D eigenvalue weighted by Crippen LogP contribution is -2.26. The largest absolute Gasteiger partial charge is 0.497 e. The Bertz CT molecular complexity index is 755. The zero-order chi connectivity index (χ0) is 16.3. The Morgan fingerprint density at radius 3 is 2.55 bits per heavy atom. The smallest absolute Gasteiger partial charge is 0.246 e. The van der Waals surface area contributed by atoms with Crippen LogP contribution < -0.4 is 9.47 Å². The van der Waals surface area contributed by atoms with Crippen molar-refractivity contribution in [3.8, 4) is 11.5 Å². The SMILES string of the molecule is COc1ccc(S(=O)(=O)N(C)Cc2cnn(C)c2)c(OC)c1. The quantitative estimate of drug-likeness (QED) is 0.799. The summed E-state index contributed by atoms with van der Waals surface area (Å²) < 4.78 is 38.5. The molecule has 1 heterocycles. The molecule has 0 aliphatic carbocycles. The van der Waals surface area contributed by atoms with Crippen molar-refractivity contribution in [2.75, 3.05) is 21.3 Å². The van der Waals surface area contributed by atoms with Crippen molar-refractivity contribution in [1.29, 1.82) is 0 Å². The summed E-state index contributed by atoms with van der Waals surface area (Å²) in [4.78, 5) is 0.0993. The molecule has 1 aromatic heterocycles. The molecular formula is C14H19N3O4S. The Kier molecular flexibility index (Phi) is 4.72. The fourth-order valence-electron chi connectivity index (χ4n) is 2.05. The highest BCUT2D eigenvalue weighted by Crippen LogP contribution is 2.30. The Labute approximate surface area is 130 Å². The molecular weight excluding hydrogens is 306 g/mol. The van der Waals surface area contributed by atoms with E-state index in [1.54, 1.807) is 36.3 Å². The van der Waals surface area contributed by atoms with Gasteiger partial charge in [0.1, 0.15) is 16.4 Å². The molecule has 0 spiro atoms. The van der Waals surface area contributed by atoms with Crippen LogP contribution in [0.15, 0.2) is 35.5 Å². The zero-order valence-electron chi connectivity index (χ0n) is 13.0. The number of hydrogen-bond donors (Lipinski definition) is 0. The lowest BCUT2D eigenvalue weighted by molar-refractivity contribution is 0.383. The first kappa shape index (κ1) is 16.3. The second-order valence-electron chi connectivity index (χ2n) is 4.80. The van der Waals surface area contributed by atoms with E-state index in [9.17, 15) is 8.42 Å². The minimum atomic E-state index is -3.68. The fraction of sp³-hybridized carbons (Fsp3) is 0.357. The van der Waals surface area contributed by atoms with Gasteiger partial charge in [0.25, 0.3) is 0 Å². The molecule has 2 rings (SSSR count). The summed E-state index contributed by atoms with van der Waals surface area (Å²) >= 11 is 0. The van der Waals surface area contributed by atoms with Gasteiger partial charge in [-0.3, -0.25) is 4.68 Å². The summed E-state index contributed by atoms with van der Waals surface area (Å²) in [5.41, 5.74) is 0.807. The summed E-state index contributed by atoms with van der Waals surface area (Å²) in [6, 6.07) is 4.62. The summed E-state index contributed by atoms with van der Waals surface area (Å²) in [6.07, 6.45) is 3.41. The van der Waals surface area contributed by atoms with Crippen LogP contribution in [0.3, 0.4) is 0 Å². The fourth-order valence-corrected chi connectivity index (χ4v) is 3.34. The van der Waals surface area contributed by atoms with Gasteiger partial charge in [0.05, 0.1) is 20.4 Å². The lowest BCUT2D eigenvalue weighted by atomic mass is 10.3. The first-order valence-electron chi connectivity index (χ1n) is 6.54. The normalized spacial score (nSPS) is 11.7. The molecule has 0 unspecified atom stereocenters. The van der Waals surface area contributed by atoms with Crippen LogP contribution in [0.25, 0.3) is 0 Å². The van der Waals surface area contributed by atoms with E-state index in [2.05, 4.69) is 5.10 Å². The molecule has 0 atom stereocenters. The number of aryl methyl sites for hydroxylation is 1. The molecule has 0 aliphatic rings. The summed E-state index contributed by atoms with van der Waals surface area (Å²) in [5.74, 6) is 0.781. The van der Waals surface area contributed by atoms with Gasteiger partial charge in [0.15, 0.2) is 0 Å². The second-order valence-corrected chi connectivity index (χ2v) is 6.81. The average Bonchev–Trinajstić information content (AvgIpc) is 2.91. The van der Waals surface area contributed by atoms with Crippen LogP contribution in [-0.4, -0.2) is 43.8 Å². The van der Waals surface area contributed by atoms with Gasteiger partial charge >= 0.3 is 0 Å². The van der Waals surface area contributed by atoms with Crippen LogP contribution in [0.5, 0.6) is 11.5 Å². The molecule has 120 valence electrons. The number of hydrogen-bond acceptors (Lipinski definition) is 5. The van der Waals surface area contributed by atoms with E-state index < -0.39 is 10.0 Å². The first-order chi connectivity index (χ1) is 10.4. The van der Waals surface area contributed by atoms with Crippen molar-refractivity contribution in [3.63, 3.8) is 0 Å². The third-order valence-electron chi connectivity index (χ3n) is 3.22. The van der Waals surface area contributed by atoms with Gasteiger partial charge in [-0.15, -0.1) is 0 Å². The van der Waals surface area contributed by atoms with E-state index in [0.717, 1.165) is 5.56 Å². The van der Waals surface area contributed by atoms with E-state index in [4.69, 9.17) is 9.47 Å². The van der Waals surface area contributed by atoms with E-state index in [-0.39, 0.29) is 17.2 Å². The Hall–Kier alpha value is -2.06. The number of nitrogens with zero attached hydrogens (tertiary/aromatic N) is 3. The van der Waals surface area contributed by atoms with Crippen LogP contribution in [-0.2, 0) is 23.6 Å². The maximum Gasteiger partial charge on any atom is 0.246 e. The standard InChI is InChI=1S/C14H19N3O4S/c1-16-9-11(8-15-16)10-17(2)22(18,19)14-6-5-12(20-3)7-13(14)21-4/h5-9H,10H2,1-4H3. The van der Waals surface area contributed by atoms with Gasteiger partial charge in [-0.2, -0.15) is 9.40 Å². The highest BCUT2D eigenvalue weighted by molar-refractivity contribution is 7.89. The minimum absolute atomic E-state index is 0.0993. The molecule has 7 nitrogen and oxygen atoms in total. The highest BCUT2D eigenvalue weighted by Gasteiger charge is 2.25. The van der Waals surface area contributed by atoms with Crippen LogP contribution >= 0.6 is 0 Å². The zero-order valence-corrected chi connectivity index (χ0v) is 13.8. The second kappa shape index (κ2) is 6.37. The lowest BCUT2D eigenvalue weighted by Gasteiger charge is -2.18. The summed E-state index contributed by atoms with van der Waals surface area (Å²) in [5, 5.41) is 4.03. The Morgan fingerprint density at radius 1 is 1.27 bits per heavy atom. The number of ether oxygens (including phenoxy) is 2. The molecule has 22 heavy (non-hydrogen) atoms. The number of aromatic nitrogens is 2. The molecule has 0 bridgehead atoms. The molecule has 2 aromatic rings. The van der Waals surface area contributed by atoms with Crippen molar-refractivity contribution >= 4 is 10.0 Å². The van der Waals surface area contributed by atoms with Crippen LogP contribution in [0.1, 0.15) is 5.56 Å². The first-order valence-corrected chi connectivity index (χ1v) is 7.98. The average molecular weight is 325 g/mol. The topological polar surface area (TPSA) is 73.7 Å². The molecule has 0 N–H and O–H groups in total. The third-order valence-corrected chi connectivity index (χ3v) is 5.07. The van der Waals surface area contributed by atoms with Gasteiger partial charge in [-0.05, 0) is 12.1 Å². The number of rotatable bonds is 6. The van der Waals surface area contributed by atoms with Gasteiger partial charge in [0.2, 0.25) is 10.0 Å². The van der Waals surface area contributed by atoms with Gasteiger partial charge in [-0.25, -0.2) is 8.42 Å². The molecule has 1 aromatic carbocycles. The predicted molar refractivity (Wildman–Crippen MR) is 81.4 cm³/mol. The monoisotopic (exact) mass is 325 g/mol. The minimum Gasteiger partial charge on any atom is -0.497 e. The number of benzene rings is 1. The van der Waals surface area contributed by atoms with Crippen molar-refractivity contribution in [3.05, 3.63) is 36.2 Å². The van der Waals surface area contributed by atoms with Crippen LogP contribution in [0.4, 0.5) is 0 Å². The number of methoxy groups -OCH3 is 2. The van der Waals surface area contributed by atoms with E-state index in [1.807, 2.05) is 0 Å². The molecule has 0 radical (unpaired) electrons. The number of sulfonamides is 1. The molecule has 0 amide bonds. The Balaban J connectivity index is 2.33.